The average Bonchev–Trinajstić information content (AvgIpc) is 2.10. The molecule has 0 aliphatic heterocycles. The van der Waals surface area contributed by atoms with Crippen molar-refractivity contribution in [1.29, 1.82) is 0 Å². The molecule has 5 nitrogen and oxygen atoms in total. The van der Waals surface area contributed by atoms with E-state index in [4.69, 9.17) is 5.11 Å². The SMILES string of the molecule is CC(C)(CCC(=O)O)NC(=O)NCC(F)(F)F. The third kappa shape index (κ3) is 9.46. The van der Waals surface area contributed by atoms with Crippen molar-refractivity contribution in [3.05, 3.63) is 0 Å². The van der Waals surface area contributed by atoms with Crippen molar-refractivity contribution < 1.29 is 27.9 Å². The summed E-state index contributed by atoms with van der Waals surface area (Å²) in [6.07, 6.45) is -4.52. The zero-order chi connectivity index (χ0) is 13.7. The molecule has 0 heterocycles. The minimum Gasteiger partial charge on any atom is -0.481 e. The van der Waals surface area contributed by atoms with Gasteiger partial charge in [0.1, 0.15) is 6.54 Å². The molecule has 3 N–H and O–H groups in total. The summed E-state index contributed by atoms with van der Waals surface area (Å²) in [5.41, 5.74) is -0.881. The number of nitrogens with one attached hydrogen (secondary N) is 2. The normalized spacial score (nSPS) is 12.1. The lowest BCUT2D eigenvalue weighted by atomic mass is 9.99. The number of halogens is 3. The molecule has 0 aromatic carbocycles. The van der Waals surface area contributed by atoms with Gasteiger partial charge in [0.2, 0.25) is 0 Å². The first-order chi connectivity index (χ1) is 7.52. The number of urea groups is 1. The van der Waals surface area contributed by atoms with Crippen molar-refractivity contribution >= 4 is 12.0 Å². The molecule has 100 valence electrons. The molecule has 0 aromatic rings. The Hall–Kier alpha value is -1.47. The number of carbonyl (C=O) groups excluding carboxylic acids is 1. The minimum absolute atomic E-state index is 0.127. The quantitative estimate of drug-likeness (QED) is 0.697. The van der Waals surface area contributed by atoms with Gasteiger partial charge in [-0.15, -0.1) is 0 Å². The van der Waals surface area contributed by atoms with E-state index in [1.165, 1.54) is 13.8 Å². The van der Waals surface area contributed by atoms with Gasteiger partial charge in [-0.25, -0.2) is 4.79 Å². The van der Waals surface area contributed by atoms with E-state index in [0.29, 0.717) is 0 Å². The molecule has 0 aliphatic carbocycles. The molecular formula is C9H15F3N2O3. The van der Waals surface area contributed by atoms with Gasteiger partial charge in [-0.05, 0) is 20.3 Å². The number of carboxylic acids is 1. The van der Waals surface area contributed by atoms with E-state index in [2.05, 4.69) is 5.32 Å². The maximum atomic E-state index is 11.8. The van der Waals surface area contributed by atoms with E-state index >= 15 is 0 Å². The second kappa shape index (κ2) is 5.74. The fraction of sp³-hybridized carbons (Fsp3) is 0.778. The van der Waals surface area contributed by atoms with Crippen molar-refractivity contribution in [2.75, 3.05) is 6.54 Å². The second-order valence-corrected chi connectivity index (χ2v) is 4.20. The summed E-state index contributed by atoms with van der Waals surface area (Å²) in [5, 5.41) is 12.4. The van der Waals surface area contributed by atoms with E-state index in [1.54, 1.807) is 5.32 Å². The van der Waals surface area contributed by atoms with Crippen LogP contribution in [0.3, 0.4) is 0 Å². The van der Waals surface area contributed by atoms with Crippen molar-refractivity contribution in [3.63, 3.8) is 0 Å². The van der Waals surface area contributed by atoms with Crippen LogP contribution in [0, 0.1) is 0 Å². The Morgan fingerprint density at radius 2 is 1.76 bits per heavy atom. The van der Waals surface area contributed by atoms with Gasteiger partial charge in [0.05, 0.1) is 0 Å². The van der Waals surface area contributed by atoms with E-state index in [1.807, 2.05) is 0 Å². The van der Waals surface area contributed by atoms with Gasteiger partial charge in [-0.2, -0.15) is 13.2 Å². The highest BCUT2D eigenvalue weighted by molar-refractivity contribution is 5.75. The third-order valence-corrected chi connectivity index (χ3v) is 1.87. The first-order valence-electron chi connectivity index (χ1n) is 4.86. The largest absolute Gasteiger partial charge is 0.481 e. The van der Waals surface area contributed by atoms with Gasteiger partial charge in [-0.1, -0.05) is 0 Å². The summed E-state index contributed by atoms with van der Waals surface area (Å²) in [6, 6.07) is -0.974. The molecule has 0 rings (SSSR count). The number of carbonyl (C=O) groups is 2. The summed E-state index contributed by atoms with van der Waals surface area (Å²) in [4.78, 5) is 21.4. The highest BCUT2D eigenvalue weighted by Crippen LogP contribution is 2.13. The third-order valence-electron chi connectivity index (χ3n) is 1.87. The summed E-state index contributed by atoms with van der Waals surface area (Å²) < 4.78 is 35.3. The Labute approximate surface area is 96.4 Å². The van der Waals surface area contributed by atoms with E-state index < -0.39 is 30.3 Å². The standard InChI is InChI=1S/C9H15F3N2O3/c1-8(2,4-3-6(15)16)14-7(17)13-5-9(10,11)12/h3-5H2,1-2H3,(H,15,16)(H2,13,14,17). The maximum Gasteiger partial charge on any atom is 0.405 e. The molecule has 0 bridgehead atoms. The lowest BCUT2D eigenvalue weighted by Gasteiger charge is -2.25. The molecule has 0 saturated carbocycles. The highest BCUT2D eigenvalue weighted by Gasteiger charge is 2.29. The van der Waals surface area contributed by atoms with Crippen LogP contribution in [0.5, 0.6) is 0 Å². The number of carboxylic acid groups (broad SMARTS) is 1. The molecular weight excluding hydrogens is 241 g/mol. The van der Waals surface area contributed by atoms with Crippen LogP contribution >= 0.6 is 0 Å². The number of hydrogen-bond acceptors (Lipinski definition) is 2. The Kier molecular flexibility index (Phi) is 5.24. The lowest BCUT2D eigenvalue weighted by Crippen LogP contribution is -2.50. The van der Waals surface area contributed by atoms with Gasteiger partial charge in [0.15, 0.2) is 0 Å². The number of amides is 2. The first kappa shape index (κ1) is 15.5. The van der Waals surface area contributed by atoms with Crippen LogP contribution in [0.2, 0.25) is 0 Å². The van der Waals surface area contributed by atoms with Crippen LogP contribution in [0.15, 0.2) is 0 Å². The molecule has 0 atom stereocenters. The van der Waals surface area contributed by atoms with Crippen molar-refractivity contribution in [2.24, 2.45) is 0 Å². The molecule has 0 fully saturated rings. The number of rotatable bonds is 5. The predicted molar refractivity (Wildman–Crippen MR) is 53.5 cm³/mol. The van der Waals surface area contributed by atoms with Crippen LogP contribution in [0.25, 0.3) is 0 Å². The van der Waals surface area contributed by atoms with E-state index in [-0.39, 0.29) is 12.8 Å². The fourth-order valence-corrected chi connectivity index (χ4v) is 1.01. The van der Waals surface area contributed by atoms with E-state index in [9.17, 15) is 22.8 Å². The van der Waals surface area contributed by atoms with Crippen molar-refractivity contribution in [2.45, 2.75) is 38.4 Å². The number of aliphatic carboxylic acids is 1. The predicted octanol–water partition coefficient (Wildman–Crippen LogP) is 1.49. The van der Waals surface area contributed by atoms with E-state index in [0.717, 1.165) is 0 Å². The maximum absolute atomic E-state index is 11.8. The summed E-state index contributed by atoms with van der Waals surface area (Å²) >= 11 is 0. The van der Waals surface area contributed by atoms with Gasteiger partial charge < -0.3 is 15.7 Å². The van der Waals surface area contributed by atoms with Crippen molar-refractivity contribution in [1.82, 2.24) is 10.6 Å². The topological polar surface area (TPSA) is 78.4 Å². The van der Waals surface area contributed by atoms with Crippen LogP contribution in [-0.2, 0) is 4.79 Å². The van der Waals surface area contributed by atoms with Crippen LogP contribution < -0.4 is 10.6 Å². The Bertz CT molecular complexity index is 290. The van der Waals surface area contributed by atoms with Gasteiger partial charge >= 0.3 is 18.2 Å². The van der Waals surface area contributed by atoms with Gasteiger partial charge in [-0.3, -0.25) is 4.79 Å². The first-order valence-corrected chi connectivity index (χ1v) is 4.86. The van der Waals surface area contributed by atoms with Crippen LogP contribution in [0.1, 0.15) is 26.7 Å². The lowest BCUT2D eigenvalue weighted by molar-refractivity contribution is -0.137. The molecule has 0 saturated heterocycles. The molecule has 0 spiro atoms. The van der Waals surface area contributed by atoms with Gasteiger partial charge in [0.25, 0.3) is 0 Å². The number of hydrogen-bond donors (Lipinski definition) is 3. The zero-order valence-electron chi connectivity index (χ0n) is 9.52. The van der Waals surface area contributed by atoms with Crippen molar-refractivity contribution in [3.8, 4) is 0 Å². The Morgan fingerprint density at radius 3 is 2.18 bits per heavy atom. The molecule has 0 radical (unpaired) electrons. The zero-order valence-corrected chi connectivity index (χ0v) is 9.52. The number of alkyl halides is 3. The average molecular weight is 256 g/mol. The molecule has 2 amide bonds. The van der Waals surface area contributed by atoms with Gasteiger partial charge in [0, 0.05) is 12.0 Å². The summed E-state index contributed by atoms with van der Waals surface area (Å²) in [6.45, 7) is 1.64. The Morgan fingerprint density at radius 1 is 1.24 bits per heavy atom. The smallest absolute Gasteiger partial charge is 0.405 e. The molecule has 0 aromatic heterocycles. The second-order valence-electron chi connectivity index (χ2n) is 4.20. The minimum atomic E-state index is -4.47. The molecule has 0 aliphatic rings. The van der Waals surface area contributed by atoms with Crippen LogP contribution in [0.4, 0.5) is 18.0 Å². The fourth-order valence-electron chi connectivity index (χ4n) is 1.01. The monoisotopic (exact) mass is 256 g/mol. The molecule has 17 heavy (non-hydrogen) atoms. The van der Waals surface area contributed by atoms with Crippen LogP contribution in [-0.4, -0.2) is 35.4 Å². The summed E-state index contributed by atoms with van der Waals surface area (Å²) in [5.74, 6) is -1.03. The highest BCUT2D eigenvalue weighted by atomic mass is 19.4. The molecule has 8 heteroatoms. The summed E-state index contributed by atoms with van der Waals surface area (Å²) in [7, 11) is 0. The molecule has 0 unspecified atom stereocenters. The Balaban J connectivity index is 4.05.